The number of hydrogen-bond donors (Lipinski definition) is 3. The van der Waals surface area contributed by atoms with Crippen LogP contribution in [0.4, 0.5) is 20.6 Å². The van der Waals surface area contributed by atoms with E-state index in [0.717, 1.165) is 45.1 Å². The number of para-hydroxylation sites is 3. The fraction of sp³-hybridized carbons (Fsp3) is 0.364. The number of hydrogen-bond acceptors (Lipinski definition) is 4. The maximum Gasteiger partial charge on any atom is 0.356 e. The molecule has 0 bridgehead atoms. The monoisotopic (exact) mass is 462 g/mol. The van der Waals surface area contributed by atoms with E-state index in [9.17, 15) is 9.18 Å². The van der Waals surface area contributed by atoms with Crippen molar-refractivity contribution in [1.29, 1.82) is 0 Å². The van der Waals surface area contributed by atoms with Gasteiger partial charge in [-0.15, -0.1) is 4.36 Å². The lowest BCUT2D eigenvalue weighted by atomic mass is 10.1. The zero-order valence-corrected chi connectivity index (χ0v) is 18.9. The van der Waals surface area contributed by atoms with Crippen molar-refractivity contribution < 1.29 is 13.9 Å². The first-order valence-electron chi connectivity index (χ1n) is 10.3. The Balaban J connectivity index is 1.49. The van der Waals surface area contributed by atoms with Crippen LogP contribution in [0.1, 0.15) is 38.5 Å². The van der Waals surface area contributed by atoms with E-state index in [1.54, 1.807) is 30.3 Å². The molecule has 31 heavy (non-hydrogen) atoms. The van der Waals surface area contributed by atoms with E-state index in [0.29, 0.717) is 28.8 Å². The molecule has 0 aliphatic rings. The molecule has 9 heteroatoms. The third-order valence-electron chi connectivity index (χ3n) is 4.45. The standard InChI is InChI=1S/C22H27FN4O2S2/c23-17-11-5-6-12-18(17)26-22(30)24-15-9-3-1-2-4-10-16-29-20-14-8-7-13-19(20)25-21(28)27-31/h5-8,11-14H,1-4,9-10,15-16H2,(H,25,28)(H2,24,26,30). The summed E-state index contributed by atoms with van der Waals surface area (Å²) in [5, 5.41) is 8.99. The molecular formula is C22H27FN4O2S2. The summed E-state index contributed by atoms with van der Waals surface area (Å²) in [6, 6.07) is 13.1. The second-order valence-electron chi connectivity index (χ2n) is 6.85. The minimum absolute atomic E-state index is 0.323. The number of urea groups is 1. The second-order valence-corrected chi connectivity index (χ2v) is 7.44. The molecule has 0 aliphatic heterocycles. The second kappa shape index (κ2) is 14.4. The number of carbonyl (C=O) groups is 1. The maximum atomic E-state index is 13.6. The third kappa shape index (κ3) is 9.80. The Kier molecular flexibility index (Phi) is 11.4. The summed E-state index contributed by atoms with van der Waals surface area (Å²) >= 11 is 9.57. The summed E-state index contributed by atoms with van der Waals surface area (Å²) in [5.41, 5.74) is 0.943. The molecule has 0 unspecified atom stereocenters. The highest BCUT2D eigenvalue weighted by molar-refractivity contribution is 7.80. The first kappa shape index (κ1) is 24.6. The van der Waals surface area contributed by atoms with Crippen LogP contribution in [-0.2, 0) is 12.4 Å². The van der Waals surface area contributed by atoms with Gasteiger partial charge < -0.3 is 20.7 Å². The van der Waals surface area contributed by atoms with E-state index in [1.165, 1.54) is 6.07 Å². The maximum absolute atomic E-state index is 13.6. The van der Waals surface area contributed by atoms with Crippen LogP contribution in [-0.4, -0.2) is 24.3 Å². The normalized spacial score (nSPS) is 10.2. The molecule has 2 rings (SSSR count). The molecule has 0 spiro atoms. The Morgan fingerprint density at radius 3 is 2.29 bits per heavy atom. The van der Waals surface area contributed by atoms with Crippen LogP contribution in [0.5, 0.6) is 5.75 Å². The van der Waals surface area contributed by atoms with Crippen molar-refractivity contribution in [2.75, 3.05) is 23.8 Å². The van der Waals surface area contributed by atoms with Gasteiger partial charge in [-0.2, -0.15) is 0 Å². The Hall–Kier alpha value is -2.65. The molecule has 0 aromatic heterocycles. The predicted octanol–water partition coefficient (Wildman–Crippen LogP) is 5.79. The molecule has 0 saturated heterocycles. The summed E-state index contributed by atoms with van der Waals surface area (Å²) in [6.45, 7) is 1.33. The molecule has 0 saturated carbocycles. The SMILES string of the molecule is O=C(N=S)Nc1ccccc1OCCCCCCCCNC(=S)Nc1ccccc1F. The highest BCUT2D eigenvalue weighted by Crippen LogP contribution is 2.24. The zero-order chi connectivity index (χ0) is 22.3. The van der Waals surface area contributed by atoms with Gasteiger partial charge in [-0.1, -0.05) is 49.9 Å². The van der Waals surface area contributed by atoms with Crippen LogP contribution in [0.25, 0.3) is 0 Å². The van der Waals surface area contributed by atoms with E-state index in [4.69, 9.17) is 17.0 Å². The molecule has 0 atom stereocenters. The highest BCUT2D eigenvalue weighted by atomic mass is 32.1. The van der Waals surface area contributed by atoms with Crippen molar-refractivity contribution >= 4 is 47.2 Å². The van der Waals surface area contributed by atoms with Crippen LogP contribution in [0.3, 0.4) is 0 Å². The quantitative estimate of drug-likeness (QED) is 0.274. The van der Waals surface area contributed by atoms with Crippen molar-refractivity contribution in [2.45, 2.75) is 38.5 Å². The van der Waals surface area contributed by atoms with Gasteiger partial charge in [0.1, 0.15) is 11.6 Å². The lowest BCUT2D eigenvalue weighted by Gasteiger charge is -2.11. The van der Waals surface area contributed by atoms with Crippen molar-refractivity contribution in [2.24, 2.45) is 4.36 Å². The van der Waals surface area contributed by atoms with Crippen LogP contribution in [0.15, 0.2) is 52.9 Å². The number of anilines is 2. The van der Waals surface area contributed by atoms with Gasteiger partial charge in [0.25, 0.3) is 0 Å². The van der Waals surface area contributed by atoms with Gasteiger partial charge in [-0.3, -0.25) is 0 Å². The van der Waals surface area contributed by atoms with Crippen molar-refractivity contribution in [1.82, 2.24) is 5.32 Å². The number of amides is 2. The molecule has 2 aromatic carbocycles. The summed E-state index contributed by atoms with van der Waals surface area (Å²) in [7, 11) is 0. The van der Waals surface area contributed by atoms with Crippen LogP contribution >= 0.6 is 12.2 Å². The zero-order valence-electron chi connectivity index (χ0n) is 17.2. The van der Waals surface area contributed by atoms with Crippen LogP contribution in [0, 0.1) is 5.82 Å². The average molecular weight is 463 g/mol. The van der Waals surface area contributed by atoms with E-state index in [1.807, 2.05) is 12.1 Å². The largest absolute Gasteiger partial charge is 0.491 e. The van der Waals surface area contributed by atoms with Gasteiger partial charge in [0.2, 0.25) is 0 Å². The lowest BCUT2D eigenvalue weighted by molar-refractivity contribution is 0.259. The Labute approximate surface area is 193 Å². The minimum Gasteiger partial charge on any atom is -0.491 e. The molecule has 0 radical (unpaired) electrons. The van der Waals surface area contributed by atoms with Gasteiger partial charge in [0.15, 0.2) is 5.11 Å². The van der Waals surface area contributed by atoms with E-state index >= 15 is 0 Å². The average Bonchev–Trinajstić information content (AvgIpc) is 2.77. The summed E-state index contributed by atoms with van der Waals surface area (Å²) in [5.74, 6) is 0.288. The first-order chi connectivity index (χ1) is 15.1. The molecular weight excluding hydrogens is 435 g/mol. The van der Waals surface area contributed by atoms with Gasteiger partial charge in [0.05, 0.1) is 18.0 Å². The number of ether oxygens (including phenoxy) is 1. The fourth-order valence-electron chi connectivity index (χ4n) is 2.88. The van der Waals surface area contributed by atoms with Gasteiger partial charge in [-0.05, 0) is 49.3 Å². The molecule has 0 fully saturated rings. The van der Waals surface area contributed by atoms with Crippen molar-refractivity contribution in [3.8, 4) is 5.75 Å². The summed E-state index contributed by atoms with van der Waals surface area (Å²) in [6.07, 6.45) is 6.34. The first-order valence-corrected chi connectivity index (χ1v) is 11.0. The summed E-state index contributed by atoms with van der Waals surface area (Å²) < 4.78 is 22.5. The van der Waals surface area contributed by atoms with E-state index in [2.05, 4.69) is 32.7 Å². The highest BCUT2D eigenvalue weighted by Gasteiger charge is 2.06. The lowest BCUT2D eigenvalue weighted by Crippen LogP contribution is -2.29. The van der Waals surface area contributed by atoms with Crippen molar-refractivity contribution in [3.63, 3.8) is 0 Å². The molecule has 3 N–H and O–H groups in total. The molecule has 2 aromatic rings. The summed E-state index contributed by atoms with van der Waals surface area (Å²) in [4.78, 5) is 11.3. The molecule has 0 aliphatic carbocycles. The Bertz CT molecular complexity index is 867. The van der Waals surface area contributed by atoms with Crippen molar-refractivity contribution in [3.05, 3.63) is 54.3 Å². The van der Waals surface area contributed by atoms with Crippen LogP contribution in [0.2, 0.25) is 0 Å². The van der Waals surface area contributed by atoms with E-state index in [-0.39, 0.29) is 5.82 Å². The van der Waals surface area contributed by atoms with E-state index < -0.39 is 6.03 Å². The fourth-order valence-corrected chi connectivity index (χ4v) is 3.14. The Morgan fingerprint density at radius 1 is 0.903 bits per heavy atom. The number of carbonyl (C=O) groups excluding carboxylic acids is 1. The molecule has 2 amide bonds. The third-order valence-corrected chi connectivity index (χ3v) is 4.86. The molecule has 166 valence electrons. The molecule has 6 nitrogen and oxygen atoms in total. The number of nitrogens with one attached hydrogen (secondary N) is 3. The predicted molar refractivity (Wildman–Crippen MR) is 129 cm³/mol. The topological polar surface area (TPSA) is 74.8 Å². The number of benzene rings is 2. The van der Waals surface area contributed by atoms with Gasteiger partial charge >= 0.3 is 6.03 Å². The number of halogens is 1. The minimum atomic E-state index is -0.579. The number of unbranched alkanes of at least 4 members (excludes halogenated alkanes) is 5. The number of rotatable bonds is 12. The van der Waals surface area contributed by atoms with Gasteiger partial charge in [-0.25, -0.2) is 9.18 Å². The van der Waals surface area contributed by atoms with Crippen LogP contribution < -0.4 is 20.7 Å². The Morgan fingerprint density at radius 2 is 1.55 bits per heavy atom. The number of thiocarbonyl (C=S) groups is 1. The molecule has 0 heterocycles. The number of nitrogens with zero attached hydrogens (tertiary/aromatic N) is 1. The smallest absolute Gasteiger partial charge is 0.356 e. The van der Waals surface area contributed by atoms with Gasteiger partial charge in [0, 0.05) is 19.0 Å².